The van der Waals surface area contributed by atoms with Crippen molar-refractivity contribution in [2.75, 3.05) is 12.3 Å². The quantitative estimate of drug-likeness (QED) is 0.810. The van der Waals surface area contributed by atoms with Crippen LogP contribution in [0, 0.1) is 6.92 Å². The van der Waals surface area contributed by atoms with E-state index in [1.807, 2.05) is 68.4 Å². The SMILES string of the molecule is Cc1ccccc1[C@H](C)NC(=O)NCC[S@@](=O)Cc1ccccc1. The molecule has 0 saturated carbocycles. The smallest absolute Gasteiger partial charge is 0.315 e. The summed E-state index contributed by atoms with van der Waals surface area (Å²) in [5.41, 5.74) is 3.29. The lowest BCUT2D eigenvalue weighted by atomic mass is 10.0. The third-order valence-corrected chi connectivity index (χ3v) is 5.10. The lowest BCUT2D eigenvalue weighted by Crippen LogP contribution is -2.39. The molecule has 128 valence electrons. The van der Waals surface area contributed by atoms with Gasteiger partial charge in [0.05, 0.1) is 6.04 Å². The Bertz CT molecular complexity index is 689. The summed E-state index contributed by atoms with van der Waals surface area (Å²) in [6.45, 7) is 4.37. The highest BCUT2D eigenvalue weighted by Crippen LogP contribution is 2.16. The molecule has 0 unspecified atom stereocenters. The molecule has 0 aliphatic rings. The van der Waals surface area contributed by atoms with E-state index < -0.39 is 10.8 Å². The number of nitrogens with one attached hydrogen (secondary N) is 2. The third kappa shape index (κ3) is 5.81. The summed E-state index contributed by atoms with van der Waals surface area (Å²) < 4.78 is 12.0. The van der Waals surface area contributed by atoms with Crippen molar-refractivity contribution in [2.24, 2.45) is 0 Å². The molecule has 2 N–H and O–H groups in total. The minimum Gasteiger partial charge on any atom is -0.337 e. The zero-order valence-electron chi connectivity index (χ0n) is 14.1. The summed E-state index contributed by atoms with van der Waals surface area (Å²) in [7, 11) is -0.982. The number of benzene rings is 2. The maximum absolute atomic E-state index is 12.0. The molecule has 0 bridgehead atoms. The molecule has 2 amide bonds. The van der Waals surface area contributed by atoms with Crippen molar-refractivity contribution in [3.63, 3.8) is 0 Å². The van der Waals surface area contributed by atoms with E-state index in [1.54, 1.807) is 0 Å². The Hall–Kier alpha value is -2.14. The van der Waals surface area contributed by atoms with Crippen LogP contribution in [0.3, 0.4) is 0 Å². The van der Waals surface area contributed by atoms with E-state index in [0.717, 1.165) is 16.7 Å². The minimum atomic E-state index is -0.982. The van der Waals surface area contributed by atoms with Gasteiger partial charge in [-0.15, -0.1) is 0 Å². The van der Waals surface area contributed by atoms with Crippen LogP contribution in [-0.4, -0.2) is 22.5 Å². The molecule has 0 aliphatic carbocycles. The molecular weight excluding hydrogens is 320 g/mol. The van der Waals surface area contributed by atoms with Crippen LogP contribution in [0.15, 0.2) is 54.6 Å². The van der Waals surface area contributed by atoms with Crippen molar-refractivity contribution in [1.82, 2.24) is 10.6 Å². The summed E-state index contributed by atoms with van der Waals surface area (Å²) in [6.07, 6.45) is 0. The lowest BCUT2D eigenvalue weighted by molar-refractivity contribution is 0.238. The predicted octanol–water partition coefficient (Wildman–Crippen LogP) is 3.30. The predicted molar refractivity (Wildman–Crippen MR) is 99.3 cm³/mol. The second-order valence-corrected chi connectivity index (χ2v) is 7.33. The Morgan fingerprint density at radius 1 is 1.08 bits per heavy atom. The largest absolute Gasteiger partial charge is 0.337 e. The van der Waals surface area contributed by atoms with Crippen molar-refractivity contribution in [1.29, 1.82) is 0 Å². The highest BCUT2D eigenvalue weighted by Gasteiger charge is 2.11. The average molecular weight is 344 g/mol. The molecule has 0 aromatic heterocycles. The summed E-state index contributed by atoms with van der Waals surface area (Å²) >= 11 is 0. The minimum absolute atomic E-state index is 0.0685. The number of amides is 2. The number of rotatable bonds is 7. The fourth-order valence-corrected chi connectivity index (χ4v) is 3.55. The number of hydrogen-bond donors (Lipinski definition) is 2. The number of hydrogen-bond acceptors (Lipinski definition) is 2. The van der Waals surface area contributed by atoms with Crippen molar-refractivity contribution in [2.45, 2.75) is 25.6 Å². The van der Waals surface area contributed by atoms with Crippen LogP contribution >= 0.6 is 0 Å². The highest BCUT2D eigenvalue weighted by molar-refractivity contribution is 7.84. The zero-order valence-corrected chi connectivity index (χ0v) is 14.9. The summed E-state index contributed by atoms with van der Waals surface area (Å²) in [4.78, 5) is 12.0. The van der Waals surface area contributed by atoms with Crippen molar-refractivity contribution in [3.8, 4) is 0 Å². The Balaban J connectivity index is 1.71. The molecule has 0 spiro atoms. The van der Waals surface area contributed by atoms with E-state index in [-0.39, 0.29) is 12.1 Å². The first-order valence-electron chi connectivity index (χ1n) is 8.05. The molecule has 5 heteroatoms. The van der Waals surface area contributed by atoms with Gasteiger partial charge in [0.25, 0.3) is 0 Å². The third-order valence-electron chi connectivity index (χ3n) is 3.79. The van der Waals surface area contributed by atoms with E-state index in [1.165, 1.54) is 0 Å². The molecule has 0 radical (unpaired) electrons. The monoisotopic (exact) mass is 344 g/mol. The van der Waals surface area contributed by atoms with Gasteiger partial charge in [0.1, 0.15) is 0 Å². The maximum Gasteiger partial charge on any atom is 0.315 e. The lowest BCUT2D eigenvalue weighted by Gasteiger charge is -2.17. The highest BCUT2D eigenvalue weighted by atomic mass is 32.2. The Morgan fingerprint density at radius 2 is 1.75 bits per heavy atom. The van der Waals surface area contributed by atoms with E-state index in [2.05, 4.69) is 10.6 Å². The van der Waals surface area contributed by atoms with E-state index in [4.69, 9.17) is 0 Å². The number of carbonyl (C=O) groups is 1. The van der Waals surface area contributed by atoms with Crippen LogP contribution < -0.4 is 10.6 Å². The van der Waals surface area contributed by atoms with Crippen LogP contribution in [0.5, 0.6) is 0 Å². The fourth-order valence-electron chi connectivity index (χ4n) is 2.51. The van der Waals surface area contributed by atoms with Crippen LogP contribution in [0.2, 0.25) is 0 Å². The van der Waals surface area contributed by atoms with Gasteiger partial charge in [0, 0.05) is 28.9 Å². The Morgan fingerprint density at radius 3 is 2.46 bits per heavy atom. The van der Waals surface area contributed by atoms with Gasteiger partial charge in [0.2, 0.25) is 0 Å². The topological polar surface area (TPSA) is 58.2 Å². The first-order chi connectivity index (χ1) is 11.6. The molecule has 2 aromatic carbocycles. The van der Waals surface area contributed by atoms with Crippen LogP contribution in [0.25, 0.3) is 0 Å². The van der Waals surface area contributed by atoms with Gasteiger partial charge in [-0.2, -0.15) is 0 Å². The molecular formula is C19H24N2O2S. The van der Waals surface area contributed by atoms with Crippen molar-refractivity contribution in [3.05, 3.63) is 71.3 Å². The standard InChI is InChI=1S/C19H24N2O2S/c1-15-8-6-7-11-18(15)16(2)21-19(22)20-12-13-24(23)14-17-9-4-3-5-10-17/h3-11,16H,12-14H2,1-2H3,(H2,20,21,22)/t16-,24+/m0/s1. The molecule has 2 atom stereocenters. The number of urea groups is 1. The van der Waals surface area contributed by atoms with Gasteiger partial charge in [0.15, 0.2) is 0 Å². The number of aryl methyl sites for hydroxylation is 1. The number of carbonyl (C=O) groups excluding carboxylic acids is 1. The molecule has 2 aromatic rings. The fraction of sp³-hybridized carbons (Fsp3) is 0.316. The first kappa shape index (κ1) is 18.2. The molecule has 24 heavy (non-hydrogen) atoms. The molecule has 0 saturated heterocycles. The molecule has 2 rings (SSSR count). The summed E-state index contributed by atoms with van der Waals surface area (Å²) in [5, 5.41) is 5.69. The van der Waals surface area contributed by atoms with Gasteiger partial charge >= 0.3 is 6.03 Å². The summed E-state index contributed by atoms with van der Waals surface area (Å²) in [5.74, 6) is 0.963. The van der Waals surface area contributed by atoms with Gasteiger partial charge < -0.3 is 10.6 Å². The van der Waals surface area contributed by atoms with Gasteiger partial charge in [-0.05, 0) is 30.5 Å². The van der Waals surface area contributed by atoms with Crippen molar-refractivity contribution >= 4 is 16.8 Å². The molecule has 4 nitrogen and oxygen atoms in total. The normalized spacial score (nSPS) is 13.1. The molecule has 0 fully saturated rings. The average Bonchev–Trinajstić information content (AvgIpc) is 2.56. The van der Waals surface area contributed by atoms with E-state index in [9.17, 15) is 9.00 Å². The maximum atomic E-state index is 12.0. The van der Waals surface area contributed by atoms with Crippen LogP contribution in [-0.2, 0) is 16.6 Å². The second-order valence-electron chi connectivity index (χ2n) is 5.75. The first-order valence-corrected chi connectivity index (χ1v) is 9.54. The van der Waals surface area contributed by atoms with Crippen molar-refractivity contribution < 1.29 is 9.00 Å². The van der Waals surface area contributed by atoms with Gasteiger partial charge in [-0.3, -0.25) is 4.21 Å². The Kier molecular flexibility index (Phi) is 7.00. The molecule has 0 heterocycles. The van der Waals surface area contributed by atoms with Gasteiger partial charge in [-0.1, -0.05) is 54.6 Å². The van der Waals surface area contributed by atoms with Gasteiger partial charge in [-0.25, -0.2) is 4.79 Å². The summed E-state index contributed by atoms with van der Waals surface area (Å²) in [6, 6.07) is 17.4. The van der Waals surface area contributed by atoms with E-state index in [0.29, 0.717) is 18.1 Å². The second kappa shape index (κ2) is 9.23. The van der Waals surface area contributed by atoms with E-state index >= 15 is 0 Å². The Labute approximate surface area is 146 Å². The van der Waals surface area contributed by atoms with Crippen LogP contribution in [0.4, 0.5) is 4.79 Å². The zero-order chi connectivity index (χ0) is 17.4. The van der Waals surface area contributed by atoms with Crippen LogP contribution in [0.1, 0.15) is 29.7 Å². The molecule has 0 aliphatic heterocycles.